The first-order chi connectivity index (χ1) is 15.7. The minimum atomic E-state index is -0.392. The minimum absolute atomic E-state index is 0. The molecule has 34 heavy (non-hydrogen) atoms. The first-order valence-electron chi connectivity index (χ1n) is 11.1. The SMILES string of the molecule is Cc1ccc(-n2nc(C(C)(C)C)cc2NC(=O)Nc2cnc(N3CCNCC3)c(Cl)c2)cc1.Cl. The molecule has 0 saturated carbocycles. The van der Waals surface area contributed by atoms with Crippen LogP contribution >= 0.6 is 24.0 Å². The van der Waals surface area contributed by atoms with Crippen LogP contribution < -0.4 is 20.9 Å². The van der Waals surface area contributed by atoms with E-state index in [2.05, 4.69) is 46.6 Å². The summed E-state index contributed by atoms with van der Waals surface area (Å²) >= 11 is 6.47. The first-order valence-corrected chi connectivity index (χ1v) is 11.5. The Morgan fingerprint density at radius 3 is 2.38 bits per heavy atom. The van der Waals surface area contributed by atoms with Crippen LogP contribution in [0.25, 0.3) is 5.69 Å². The third kappa shape index (κ3) is 6.00. The molecule has 3 N–H and O–H groups in total. The Labute approximate surface area is 211 Å². The van der Waals surface area contributed by atoms with E-state index >= 15 is 0 Å². The van der Waals surface area contributed by atoms with Gasteiger partial charge in [-0.25, -0.2) is 14.5 Å². The number of nitrogens with zero attached hydrogens (tertiary/aromatic N) is 4. The van der Waals surface area contributed by atoms with Gasteiger partial charge in [0, 0.05) is 37.7 Å². The first kappa shape index (κ1) is 25.8. The Morgan fingerprint density at radius 2 is 1.76 bits per heavy atom. The molecule has 2 aromatic heterocycles. The van der Waals surface area contributed by atoms with Crippen molar-refractivity contribution in [1.29, 1.82) is 0 Å². The highest BCUT2D eigenvalue weighted by atomic mass is 35.5. The van der Waals surface area contributed by atoms with Crippen molar-refractivity contribution in [1.82, 2.24) is 20.1 Å². The van der Waals surface area contributed by atoms with Crippen molar-refractivity contribution >= 4 is 47.4 Å². The topological polar surface area (TPSA) is 87.1 Å². The lowest BCUT2D eigenvalue weighted by Gasteiger charge is -2.29. The van der Waals surface area contributed by atoms with Gasteiger partial charge in [0.2, 0.25) is 0 Å². The Balaban J connectivity index is 0.00000324. The summed E-state index contributed by atoms with van der Waals surface area (Å²) in [6.45, 7) is 11.8. The highest BCUT2D eigenvalue weighted by molar-refractivity contribution is 6.33. The highest BCUT2D eigenvalue weighted by Crippen LogP contribution is 2.28. The average Bonchev–Trinajstić information content (AvgIpc) is 3.19. The second-order valence-corrected chi connectivity index (χ2v) is 9.66. The van der Waals surface area contributed by atoms with Crippen LogP contribution in [0.1, 0.15) is 32.0 Å². The summed E-state index contributed by atoms with van der Waals surface area (Å²) in [5, 5.41) is 14.3. The molecule has 0 unspecified atom stereocenters. The summed E-state index contributed by atoms with van der Waals surface area (Å²) in [4.78, 5) is 19.4. The van der Waals surface area contributed by atoms with Gasteiger partial charge in [0.15, 0.2) is 0 Å². The molecule has 0 spiro atoms. The van der Waals surface area contributed by atoms with Crippen molar-refractivity contribution in [2.45, 2.75) is 33.1 Å². The Bertz CT molecular complexity index is 1130. The van der Waals surface area contributed by atoms with Gasteiger partial charge in [-0.1, -0.05) is 50.1 Å². The number of piperazine rings is 1. The lowest BCUT2D eigenvalue weighted by Crippen LogP contribution is -2.44. The molecule has 1 fully saturated rings. The van der Waals surface area contributed by atoms with E-state index in [-0.39, 0.29) is 17.8 Å². The van der Waals surface area contributed by atoms with Crippen LogP contribution in [0.15, 0.2) is 42.6 Å². The number of halogens is 2. The number of hydrogen-bond acceptors (Lipinski definition) is 5. The quantitative estimate of drug-likeness (QED) is 0.466. The molecule has 3 aromatic rings. The van der Waals surface area contributed by atoms with E-state index in [0.29, 0.717) is 16.5 Å². The predicted octanol–water partition coefficient (Wildman–Crippen LogP) is 5.00. The lowest BCUT2D eigenvalue weighted by atomic mass is 9.92. The van der Waals surface area contributed by atoms with E-state index in [1.54, 1.807) is 16.9 Å². The molecule has 8 nitrogen and oxygen atoms in total. The van der Waals surface area contributed by atoms with E-state index in [9.17, 15) is 4.79 Å². The average molecular weight is 504 g/mol. The molecule has 10 heteroatoms. The van der Waals surface area contributed by atoms with Crippen molar-refractivity contribution in [3.8, 4) is 5.69 Å². The minimum Gasteiger partial charge on any atom is -0.353 e. The predicted molar refractivity (Wildman–Crippen MR) is 141 cm³/mol. The van der Waals surface area contributed by atoms with E-state index in [0.717, 1.165) is 48.9 Å². The third-order valence-corrected chi connectivity index (χ3v) is 5.77. The van der Waals surface area contributed by atoms with Crippen molar-refractivity contribution in [2.75, 3.05) is 41.7 Å². The number of anilines is 3. The number of benzene rings is 1. The fourth-order valence-electron chi connectivity index (χ4n) is 3.61. The van der Waals surface area contributed by atoms with Crippen LogP contribution in [0, 0.1) is 6.92 Å². The molecular formula is C24H31Cl2N7O. The molecule has 3 heterocycles. The van der Waals surface area contributed by atoms with Gasteiger partial charge in [-0.05, 0) is 25.1 Å². The molecule has 1 aliphatic rings. The van der Waals surface area contributed by atoms with Gasteiger partial charge in [-0.2, -0.15) is 5.10 Å². The summed E-state index contributed by atoms with van der Waals surface area (Å²) in [6.07, 6.45) is 1.63. The number of hydrogen-bond donors (Lipinski definition) is 3. The fraction of sp³-hybridized carbons (Fsp3) is 0.375. The summed E-state index contributed by atoms with van der Waals surface area (Å²) in [6, 6.07) is 11.2. The summed E-state index contributed by atoms with van der Waals surface area (Å²) < 4.78 is 1.75. The van der Waals surface area contributed by atoms with Crippen LogP contribution in [0.4, 0.5) is 22.1 Å². The fourth-order valence-corrected chi connectivity index (χ4v) is 3.89. The second-order valence-electron chi connectivity index (χ2n) is 9.26. The monoisotopic (exact) mass is 503 g/mol. The van der Waals surface area contributed by atoms with Gasteiger partial charge in [0.1, 0.15) is 11.6 Å². The molecule has 2 amide bonds. The van der Waals surface area contributed by atoms with Crippen molar-refractivity contribution in [3.05, 3.63) is 58.9 Å². The van der Waals surface area contributed by atoms with Gasteiger partial charge in [-0.15, -0.1) is 12.4 Å². The molecule has 0 bridgehead atoms. The van der Waals surface area contributed by atoms with Gasteiger partial charge in [0.05, 0.1) is 28.3 Å². The Kier molecular flexibility index (Phi) is 8.07. The van der Waals surface area contributed by atoms with Gasteiger partial charge >= 0.3 is 6.03 Å². The van der Waals surface area contributed by atoms with Crippen LogP contribution in [0.2, 0.25) is 5.02 Å². The Morgan fingerprint density at radius 1 is 1.09 bits per heavy atom. The zero-order valence-electron chi connectivity index (χ0n) is 19.9. The summed E-state index contributed by atoms with van der Waals surface area (Å²) in [5.41, 5.74) is 3.26. The zero-order chi connectivity index (χ0) is 23.6. The van der Waals surface area contributed by atoms with E-state index in [4.69, 9.17) is 16.7 Å². The normalized spacial score (nSPS) is 13.9. The number of nitrogens with one attached hydrogen (secondary N) is 3. The highest BCUT2D eigenvalue weighted by Gasteiger charge is 2.22. The molecule has 1 aliphatic heterocycles. The maximum Gasteiger partial charge on any atom is 0.324 e. The maximum atomic E-state index is 12.8. The van der Waals surface area contributed by atoms with E-state index in [1.165, 1.54) is 0 Å². The summed E-state index contributed by atoms with van der Waals surface area (Å²) in [7, 11) is 0. The molecule has 0 radical (unpaired) electrons. The molecule has 1 aromatic carbocycles. The number of carbonyl (C=O) groups is 1. The van der Waals surface area contributed by atoms with Crippen LogP contribution in [-0.2, 0) is 5.41 Å². The molecule has 0 atom stereocenters. The molecule has 1 saturated heterocycles. The number of pyridine rings is 1. The maximum absolute atomic E-state index is 12.8. The number of rotatable bonds is 4. The van der Waals surface area contributed by atoms with Crippen LogP contribution in [0.3, 0.4) is 0 Å². The van der Waals surface area contributed by atoms with E-state index < -0.39 is 6.03 Å². The number of aryl methyl sites for hydroxylation is 1. The van der Waals surface area contributed by atoms with Crippen molar-refractivity contribution in [2.24, 2.45) is 0 Å². The third-order valence-electron chi connectivity index (χ3n) is 5.49. The van der Waals surface area contributed by atoms with Crippen molar-refractivity contribution in [3.63, 3.8) is 0 Å². The Hall–Kier alpha value is -2.81. The molecule has 4 rings (SSSR count). The van der Waals surface area contributed by atoms with Crippen LogP contribution in [0.5, 0.6) is 0 Å². The van der Waals surface area contributed by atoms with Gasteiger partial charge < -0.3 is 15.5 Å². The smallest absolute Gasteiger partial charge is 0.324 e. The molecular weight excluding hydrogens is 473 g/mol. The molecule has 182 valence electrons. The van der Waals surface area contributed by atoms with E-state index in [1.807, 2.05) is 37.3 Å². The second kappa shape index (κ2) is 10.6. The zero-order valence-corrected chi connectivity index (χ0v) is 21.4. The molecule has 0 aliphatic carbocycles. The standard InChI is InChI=1S/C24H30ClN7O.ClH/c1-16-5-7-18(8-6-16)32-21(14-20(30-32)24(2,3)4)29-23(33)28-17-13-19(25)22(27-15-17)31-11-9-26-10-12-31;/h5-8,13-15,26H,9-12H2,1-4H3,(H2,28,29,33);1H. The number of urea groups is 1. The number of amides is 2. The van der Waals surface area contributed by atoms with Gasteiger partial charge in [0.25, 0.3) is 0 Å². The number of aromatic nitrogens is 3. The number of carbonyl (C=O) groups excluding carboxylic acids is 1. The van der Waals surface area contributed by atoms with Gasteiger partial charge in [-0.3, -0.25) is 5.32 Å². The van der Waals surface area contributed by atoms with Crippen molar-refractivity contribution < 1.29 is 4.79 Å². The van der Waals surface area contributed by atoms with Crippen LogP contribution in [-0.4, -0.2) is 47.0 Å². The summed E-state index contributed by atoms with van der Waals surface area (Å²) in [5.74, 6) is 1.31. The largest absolute Gasteiger partial charge is 0.353 e. The lowest BCUT2D eigenvalue weighted by molar-refractivity contribution is 0.262.